The van der Waals surface area contributed by atoms with Crippen LogP contribution in [-0.2, 0) is 19.4 Å². The standard InChI is InChI=1S/C17H15ClN2OS2/c18-11-7-5-10(6-8-11)9-20-16(21)14-12-3-1-2-4-13(12)23-15(14)19-17(20)22/h5-8H,1-4,9H2,(H,19,22). The monoisotopic (exact) mass is 362 g/mol. The maximum atomic E-state index is 13.0. The molecular formula is C17H15ClN2OS2. The molecule has 3 aromatic rings. The van der Waals surface area contributed by atoms with E-state index in [1.54, 1.807) is 15.9 Å². The van der Waals surface area contributed by atoms with Crippen LogP contribution >= 0.6 is 35.2 Å². The Labute approximate surface area is 147 Å². The Bertz CT molecular complexity index is 998. The molecule has 118 valence electrons. The molecule has 0 unspecified atom stereocenters. The van der Waals surface area contributed by atoms with Gasteiger partial charge in [-0.3, -0.25) is 9.36 Å². The molecule has 3 nitrogen and oxygen atoms in total. The van der Waals surface area contributed by atoms with Crippen LogP contribution in [0.25, 0.3) is 10.2 Å². The molecule has 2 heterocycles. The molecule has 0 fully saturated rings. The van der Waals surface area contributed by atoms with Crippen molar-refractivity contribution < 1.29 is 0 Å². The lowest BCUT2D eigenvalue weighted by Crippen LogP contribution is -2.23. The number of benzene rings is 1. The topological polar surface area (TPSA) is 37.8 Å². The lowest BCUT2D eigenvalue weighted by atomic mass is 9.97. The number of nitrogens with zero attached hydrogens (tertiary/aromatic N) is 1. The molecule has 0 saturated carbocycles. The van der Waals surface area contributed by atoms with Crippen molar-refractivity contribution in [2.45, 2.75) is 32.2 Å². The summed E-state index contributed by atoms with van der Waals surface area (Å²) < 4.78 is 2.14. The zero-order chi connectivity index (χ0) is 16.0. The average Bonchev–Trinajstić information content (AvgIpc) is 2.91. The highest BCUT2D eigenvalue weighted by atomic mass is 35.5. The molecule has 0 bridgehead atoms. The van der Waals surface area contributed by atoms with Gasteiger partial charge in [0.15, 0.2) is 4.77 Å². The van der Waals surface area contributed by atoms with Gasteiger partial charge >= 0.3 is 0 Å². The first-order valence-corrected chi connectivity index (χ1v) is 9.25. The van der Waals surface area contributed by atoms with Crippen molar-refractivity contribution in [1.82, 2.24) is 9.55 Å². The Balaban J connectivity index is 1.88. The van der Waals surface area contributed by atoms with E-state index < -0.39 is 0 Å². The van der Waals surface area contributed by atoms with Crippen LogP contribution in [0.3, 0.4) is 0 Å². The molecule has 6 heteroatoms. The summed E-state index contributed by atoms with van der Waals surface area (Å²) in [6, 6.07) is 7.52. The molecule has 4 rings (SSSR count). The summed E-state index contributed by atoms with van der Waals surface area (Å²) in [5.74, 6) is 0. The van der Waals surface area contributed by atoms with Gasteiger partial charge in [0.1, 0.15) is 4.83 Å². The van der Waals surface area contributed by atoms with E-state index in [1.807, 2.05) is 24.3 Å². The lowest BCUT2D eigenvalue weighted by Gasteiger charge is -2.11. The predicted molar refractivity (Wildman–Crippen MR) is 98.5 cm³/mol. The first-order chi connectivity index (χ1) is 11.1. The van der Waals surface area contributed by atoms with Crippen molar-refractivity contribution in [1.29, 1.82) is 0 Å². The normalized spacial score (nSPS) is 14.1. The van der Waals surface area contributed by atoms with Crippen LogP contribution in [0.1, 0.15) is 28.8 Å². The van der Waals surface area contributed by atoms with Crippen LogP contribution in [0.2, 0.25) is 5.02 Å². The van der Waals surface area contributed by atoms with E-state index >= 15 is 0 Å². The average molecular weight is 363 g/mol. The molecule has 0 amide bonds. The van der Waals surface area contributed by atoms with Gasteiger partial charge in [-0.05, 0) is 61.2 Å². The van der Waals surface area contributed by atoms with Crippen LogP contribution in [0.15, 0.2) is 29.1 Å². The zero-order valence-electron chi connectivity index (χ0n) is 12.4. The minimum Gasteiger partial charge on any atom is -0.323 e. The van der Waals surface area contributed by atoms with Crippen molar-refractivity contribution >= 4 is 45.4 Å². The number of H-pyrrole nitrogens is 1. The van der Waals surface area contributed by atoms with Crippen molar-refractivity contribution in [2.24, 2.45) is 0 Å². The summed E-state index contributed by atoms with van der Waals surface area (Å²) >= 11 is 13.0. The highest BCUT2D eigenvalue weighted by molar-refractivity contribution is 7.71. The second-order valence-electron chi connectivity index (χ2n) is 5.86. The number of aryl methyl sites for hydroxylation is 2. The van der Waals surface area contributed by atoms with Crippen LogP contribution in [0.4, 0.5) is 0 Å². The highest BCUT2D eigenvalue weighted by Crippen LogP contribution is 2.33. The van der Waals surface area contributed by atoms with Crippen molar-refractivity contribution in [2.75, 3.05) is 0 Å². The third-order valence-corrected chi connectivity index (χ3v) is 6.13. The summed E-state index contributed by atoms with van der Waals surface area (Å²) in [6.45, 7) is 0.464. The van der Waals surface area contributed by atoms with E-state index in [1.165, 1.54) is 16.9 Å². The molecule has 1 aliphatic carbocycles. The fraction of sp³-hybridized carbons (Fsp3) is 0.294. The van der Waals surface area contributed by atoms with Gasteiger partial charge in [0.2, 0.25) is 0 Å². The maximum absolute atomic E-state index is 13.0. The third kappa shape index (κ3) is 2.67. The highest BCUT2D eigenvalue weighted by Gasteiger charge is 2.20. The van der Waals surface area contributed by atoms with E-state index in [-0.39, 0.29) is 5.56 Å². The number of hydrogen-bond acceptors (Lipinski definition) is 3. The smallest absolute Gasteiger partial charge is 0.263 e. The summed E-state index contributed by atoms with van der Waals surface area (Å²) in [6.07, 6.45) is 4.44. The zero-order valence-corrected chi connectivity index (χ0v) is 14.8. The van der Waals surface area contributed by atoms with Crippen LogP contribution in [-0.4, -0.2) is 9.55 Å². The number of aromatic amines is 1. The largest absolute Gasteiger partial charge is 0.323 e. The second-order valence-corrected chi connectivity index (χ2v) is 7.79. The fourth-order valence-electron chi connectivity index (χ4n) is 3.19. The third-order valence-electron chi connectivity index (χ3n) is 4.35. The molecule has 1 aliphatic rings. The van der Waals surface area contributed by atoms with Crippen LogP contribution in [0.5, 0.6) is 0 Å². The predicted octanol–water partition coefficient (Wildman–Crippen LogP) is 4.70. The number of fused-ring (bicyclic) bond motifs is 3. The molecule has 0 atom stereocenters. The molecule has 0 saturated heterocycles. The van der Waals surface area contributed by atoms with Crippen LogP contribution < -0.4 is 5.56 Å². The van der Waals surface area contributed by atoms with E-state index in [0.717, 1.165) is 35.0 Å². The number of halogens is 1. The summed E-state index contributed by atoms with van der Waals surface area (Å²) in [4.78, 5) is 18.5. The number of nitrogens with one attached hydrogen (secondary N) is 1. The van der Waals surface area contributed by atoms with Gasteiger partial charge in [0, 0.05) is 9.90 Å². The Hall–Kier alpha value is -1.43. The van der Waals surface area contributed by atoms with Gasteiger partial charge < -0.3 is 4.98 Å². The molecular weight excluding hydrogens is 348 g/mol. The van der Waals surface area contributed by atoms with Crippen LogP contribution in [0, 0.1) is 4.77 Å². The van der Waals surface area contributed by atoms with Crippen molar-refractivity contribution in [3.63, 3.8) is 0 Å². The molecule has 0 spiro atoms. The van der Waals surface area contributed by atoms with Gasteiger partial charge in [-0.1, -0.05) is 23.7 Å². The van der Waals surface area contributed by atoms with Gasteiger partial charge in [-0.25, -0.2) is 0 Å². The van der Waals surface area contributed by atoms with Gasteiger partial charge in [0.25, 0.3) is 5.56 Å². The van der Waals surface area contributed by atoms with E-state index in [4.69, 9.17) is 23.8 Å². The number of aromatic nitrogens is 2. The number of rotatable bonds is 2. The quantitative estimate of drug-likeness (QED) is 0.671. The Morgan fingerprint density at radius 3 is 2.74 bits per heavy atom. The van der Waals surface area contributed by atoms with E-state index in [9.17, 15) is 4.79 Å². The molecule has 2 aromatic heterocycles. The first-order valence-electron chi connectivity index (χ1n) is 7.65. The number of thiophene rings is 1. The van der Waals surface area contributed by atoms with Crippen molar-refractivity contribution in [3.05, 3.63) is 60.4 Å². The summed E-state index contributed by atoms with van der Waals surface area (Å²) in [5.41, 5.74) is 2.27. The minimum absolute atomic E-state index is 0.0260. The first kappa shape index (κ1) is 15.1. The lowest BCUT2D eigenvalue weighted by molar-refractivity contribution is 0.696. The number of hydrogen-bond donors (Lipinski definition) is 1. The molecule has 0 radical (unpaired) electrons. The second kappa shape index (κ2) is 5.89. The summed E-state index contributed by atoms with van der Waals surface area (Å²) in [5, 5.41) is 1.53. The molecule has 1 aromatic carbocycles. The Morgan fingerprint density at radius 2 is 1.96 bits per heavy atom. The Morgan fingerprint density at radius 1 is 1.22 bits per heavy atom. The van der Waals surface area contributed by atoms with Crippen molar-refractivity contribution in [3.8, 4) is 0 Å². The fourth-order valence-corrected chi connectivity index (χ4v) is 4.91. The van der Waals surface area contributed by atoms with E-state index in [0.29, 0.717) is 16.3 Å². The van der Waals surface area contributed by atoms with Gasteiger partial charge in [-0.15, -0.1) is 11.3 Å². The SMILES string of the molecule is O=c1c2c3c(sc2[nH]c(=S)n1Cc1ccc(Cl)cc1)CCCC3. The maximum Gasteiger partial charge on any atom is 0.263 e. The minimum atomic E-state index is 0.0260. The Kier molecular flexibility index (Phi) is 3.87. The molecule has 23 heavy (non-hydrogen) atoms. The van der Waals surface area contributed by atoms with Gasteiger partial charge in [-0.2, -0.15) is 0 Å². The van der Waals surface area contributed by atoms with E-state index in [2.05, 4.69) is 4.98 Å². The van der Waals surface area contributed by atoms with Gasteiger partial charge in [0.05, 0.1) is 11.9 Å². The molecule has 0 aliphatic heterocycles. The summed E-state index contributed by atoms with van der Waals surface area (Å²) in [7, 11) is 0. The molecule has 1 N–H and O–H groups in total.